The van der Waals surface area contributed by atoms with Crippen LogP contribution in [0.2, 0.25) is 0 Å². The predicted molar refractivity (Wildman–Crippen MR) is 77.2 cm³/mol. The van der Waals surface area contributed by atoms with E-state index in [-0.39, 0.29) is 5.70 Å². The monoisotopic (exact) mass is 249 g/mol. The van der Waals surface area contributed by atoms with E-state index < -0.39 is 0 Å². The van der Waals surface area contributed by atoms with E-state index in [9.17, 15) is 4.79 Å². The van der Waals surface area contributed by atoms with Gasteiger partial charge in [-0.15, -0.1) is 0 Å². The van der Waals surface area contributed by atoms with Crippen molar-refractivity contribution in [3.8, 4) is 0 Å². The van der Waals surface area contributed by atoms with Gasteiger partial charge in [0.1, 0.15) is 0 Å². The van der Waals surface area contributed by atoms with Crippen molar-refractivity contribution in [1.29, 1.82) is 0 Å². The number of para-hydroxylation sites is 1. The standard InChI is InChI=1S/C7H14N2O.C7H9N/c1-3-4-9-6(2)7(8)5-10;1-8-7-5-3-2-4-6-7/h5,9H,3-4,8H2,1-2H3;2-6,8H,1H3/b7-6+;. The summed E-state index contributed by atoms with van der Waals surface area (Å²) < 4.78 is 0. The van der Waals surface area contributed by atoms with E-state index >= 15 is 0 Å². The molecule has 0 saturated carbocycles. The molecule has 0 saturated heterocycles. The molecule has 0 atom stereocenters. The molecule has 1 aromatic carbocycles. The first-order valence-electron chi connectivity index (χ1n) is 6.03. The van der Waals surface area contributed by atoms with E-state index in [1.54, 1.807) is 6.92 Å². The summed E-state index contributed by atoms with van der Waals surface area (Å²) in [7, 11) is 1.91. The zero-order valence-electron chi connectivity index (χ0n) is 11.4. The normalized spacial score (nSPS) is 10.6. The highest BCUT2D eigenvalue weighted by molar-refractivity contribution is 5.72. The number of hydrogen-bond donors (Lipinski definition) is 3. The molecule has 0 bridgehead atoms. The molecule has 18 heavy (non-hydrogen) atoms. The number of aldehydes is 1. The van der Waals surface area contributed by atoms with Crippen LogP contribution in [0.25, 0.3) is 0 Å². The number of carbonyl (C=O) groups is 1. The van der Waals surface area contributed by atoms with Crippen LogP contribution >= 0.6 is 0 Å². The quantitative estimate of drug-likeness (QED) is 0.552. The molecule has 4 heteroatoms. The molecule has 0 spiro atoms. The van der Waals surface area contributed by atoms with E-state index in [1.807, 2.05) is 37.4 Å². The topological polar surface area (TPSA) is 67.1 Å². The minimum absolute atomic E-state index is 0.286. The molecule has 0 aliphatic carbocycles. The van der Waals surface area contributed by atoms with Crippen LogP contribution in [0.1, 0.15) is 20.3 Å². The second-order valence-corrected chi connectivity index (χ2v) is 3.74. The number of nitrogens with one attached hydrogen (secondary N) is 2. The van der Waals surface area contributed by atoms with Crippen LogP contribution in [0.15, 0.2) is 41.7 Å². The van der Waals surface area contributed by atoms with Crippen LogP contribution in [-0.2, 0) is 4.79 Å². The van der Waals surface area contributed by atoms with Crippen molar-refractivity contribution in [2.24, 2.45) is 5.73 Å². The van der Waals surface area contributed by atoms with Gasteiger partial charge in [0.15, 0.2) is 6.29 Å². The first-order chi connectivity index (χ1) is 8.65. The summed E-state index contributed by atoms with van der Waals surface area (Å²) in [5, 5.41) is 6.03. The largest absolute Gasteiger partial charge is 0.395 e. The van der Waals surface area contributed by atoms with E-state index in [2.05, 4.69) is 17.6 Å². The SMILES string of the molecule is CCCN/C(C)=C(/N)C=O.CNc1ccccc1. The second kappa shape index (κ2) is 10.2. The van der Waals surface area contributed by atoms with Gasteiger partial charge in [-0.25, -0.2) is 0 Å². The van der Waals surface area contributed by atoms with Crippen molar-refractivity contribution in [3.63, 3.8) is 0 Å². The molecule has 0 aromatic heterocycles. The predicted octanol–water partition coefficient (Wildman–Crippen LogP) is 2.10. The molecule has 1 rings (SSSR count). The lowest BCUT2D eigenvalue weighted by molar-refractivity contribution is -0.105. The number of nitrogens with two attached hydrogens (primary N) is 1. The minimum Gasteiger partial charge on any atom is -0.395 e. The lowest BCUT2D eigenvalue weighted by Gasteiger charge is -2.04. The van der Waals surface area contributed by atoms with Gasteiger partial charge in [-0.05, 0) is 25.5 Å². The minimum atomic E-state index is 0.286. The van der Waals surface area contributed by atoms with Crippen molar-refractivity contribution >= 4 is 12.0 Å². The van der Waals surface area contributed by atoms with Crippen molar-refractivity contribution < 1.29 is 4.79 Å². The zero-order valence-corrected chi connectivity index (χ0v) is 11.4. The third kappa shape index (κ3) is 7.33. The smallest absolute Gasteiger partial charge is 0.167 e. The summed E-state index contributed by atoms with van der Waals surface area (Å²) in [5.41, 5.74) is 7.51. The summed E-state index contributed by atoms with van der Waals surface area (Å²) in [6, 6.07) is 10.1. The number of carbonyl (C=O) groups excluding carboxylic acids is 1. The molecular weight excluding hydrogens is 226 g/mol. The van der Waals surface area contributed by atoms with Crippen LogP contribution in [0, 0.1) is 0 Å². The van der Waals surface area contributed by atoms with E-state index in [0.29, 0.717) is 6.29 Å². The lowest BCUT2D eigenvalue weighted by atomic mass is 10.3. The van der Waals surface area contributed by atoms with Crippen LogP contribution < -0.4 is 16.4 Å². The highest BCUT2D eigenvalue weighted by atomic mass is 16.1. The highest BCUT2D eigenvalue weighted by Gasteiger charge is 1.92. The molecule has 0 aliphatic rings. The Morgan fingerprint density at radius 2 is 1.94 bits per heavy atom. The average Bonchev–Trinajstić information content (AvgIpc) is 2.45. The molecular formula is C14H23N3O. The van der Waals surface area contributed by atoms with E-state index in [1.165, 1.54) is 0 Å². The van der Waals surface area contributed by atoms with Crippen LogP contribution in [0.4, 0.5) is 5.69 Å². The summed E-state index contributed by atoms with van der Waals surface area (Å²) in [4.78, 5) is 10.1. The number of rotatable bonds is 5. The lowest BCUT2D eigenvalue weighted by Crippen LogP contribution is -2.17. The third-order valence-corrected chi connectivity index (χ3v) is 2.26. The molecule has 0 fully saturated rings. The van der Waals surface area contributed by atoms with Gasteiger partial charge in [-0.1, -0.05) is 25.1 Å². The zero-order chi connectivity index (χ0) is 13.8. The number of benzene rings is 1. The molecule has 0 aliphatic heterocycles. The average molecular weight is 249 g/mol. The number of allylic oxidation sites excluding steroid dienone is 2. The van der Waals surface area contributed by atoms with Gasteiger partial charge in [0.25, 0.3) is 0 Å². The Morgan fingerprint density at radius 1 is 1.33 bits per heavy atom. The summed E-state index contributed by atoms with van der Waals surface area (Å²) in [6.07, 6.45) is 1.68. The fraction of sp³-hybridized carbons (Fsp3) is 0.357. The fourth-order valence-corrected chi connectivity index (χ4v) is 1.11. The van der Waals surface area contributed by atoms with E-state index in [4.69, 9.17) is 5.73 Å². The maximum atomic E-state index is 10.1. The molecule has 0 amide bonds. The maximum absolute atomic E-state index is 10.1. The van der Waals surface area contributed by atoms with E-state index in [0.717, 1.165) is 24.4 Å². The summed E-state index contributed by atoms with van der Waals surface area (Å²) in [6.45, 7) is 4.71. The third-order valence-electron chi connectivity index (χ3n) is 2.26. The van der Waals surface area contributed by atoms with Gasteiger partial charge in [0.05, 0.1) is 5.70 Å². The fourth-order valence-electron chi connectivity index (χ4n) is 1.11. The first-order valence-corrected chi connectivity index (χ1v) is 6.03. The Bertz CT molecular complexity index is 361. The molecule has 4 N–H and O–H groups in total. The Kier molecular flexibility index (Phi) is 9.08. The Balaban J connectivity index is 0.000000327. The number of hydrogen-bond acceptors (Lipinski definition) is 4. The molecule has 0 heterocycles. The van der Waals surface area contributed by atoms with Gasteiger partial charge < -0.3 is 16.4 Å². The van der Waals surface area contributed by atoms with Gasteiger partial charge >= 0.3 is 0 Å². The Hall–Kier alpha value is -1.97. The van der Waals surface area contributed by atoms with Gasteiger partial charge in [-0.2, -0.15) is 0 Å². The van der Waals surface area contributed by atoms with Crippen molar-refractivity contribution in [3.05, 3.63) is 41.7 Å². The molecule has 4 nitrogen and oxygen atoms in total. The molecule has 100 valence electrons. The van der Waals surface area contributed by atoms with Crippen LogP contribution in [0.5, 0.6) is 0 Å². The molecule has 0 radical (unpaired) electrons. The summed E-state index contributed by atoms with van der Waals surface area (Å²) in [5.74, 6) is 0. The molecule has 0 unspecified atom stereocenters. The van der Waals surface area contributed by atoms with Crippen molar-refractivity contribution in [1.82, 2.24) is 5.32 Å². The maximum Gasteiger partial charge on any atom is 0.167 e. The Morgan fingerprint density at radius 3 is 2.33 bits per heavy atom. The highest BCUT2D eigenvalue weighted by Crippen LogP contribution is 2.01. The van der Waals surface area contributed by atoms with Gasteiger partial charge in [-0.3, -0.25) is 4.79 Å². The van der Waals surface area contributed by atoms with Gasteiger partial charge in [0.2, 0.25) is 0 Å². The van der Waals surface area contributed by atoms with Gasteiger partial charge in [0, 0.05) is 25.0 Å². The second-order valence-electron chi connectivity index (χ2n) is 3.74. The van der Waals surface area contributed by atoms with Crippen molar-refractivity contribution in [2.45, 2.75) is 20.3 Å². The van der Waals surface area contributed by atoms with Crippen LogP contribution in [-0.4, -0.2) is 19.9 Å². The molecule has 1 aromatic rings. The first kappa shape index (κ1) is 16.0. The Labute approximate surface area is 109 Å². The summed E-state index contributed by atoms with van der Waals surface area (Å²) >= 11 is 0. The van der Waals surface area contributed by atoms with Crippen molar-refractivity contribution in [2.75, 3.05) is 18.9 Å². The number of anilines is 1. The van der Waals surface area contributed by atoms with Crippen LogP contribution in [0.3, 0.4) is 0 Å².